The molecule has 7 heteroatoms. The van der Waals surface area contributed by atoms with E-state index in [4.69, 9.17) is 5.26 Å². The van der Waals surface area contributed by atoms with E-state index in [1.807, 2.05) is 24.3 Å². The second-order valence-electron chi connectivity index (χ2n) is 6.06. The summed E-state index contributed by atoms with van der Waals surface area (Å²) in [6, 6.07) is 13.4. The highest BCUT2D eigenvalue weighted by Gasteiger charge is 2.25. The first-order valence-electron chi connectivity index (χ1n) is 8.17. The SMILES string of the molecule is N#Cc1ccc(CNc2cc(Nc3cc(C4CC4)[nH]n3)ncn2)cc1. The molecule has 0 bridgehead atoms. The van der Waals surface area contributed by atoms with Gasteiger partial charge in [0.05, 0.1) is 11.6 Å². The van der Waals surface area contributed by atoms with E-state index in [1.165, 1.54) is 24.9 Å². The Hall–Kier alpha value is -3.40. The van der Waals surface area contributed by atoms with Gasteiger partial charge < -0.3 is 10.6 Å². The van der Waals surface area contributed by atoms with Crippen LogP contribution < -0.4 is 10.6 Å². The van der Waals surface area contributed by atoms with Crippen molar-refractivity contribution in [1.29, 1.82) is 5.26 Å². The van der Waals surface area contributed by atoms with E-state index in [0.29, 0.717) is 23.8 Å². The summed E-state index contributed by atoms with van der Waals surface area (Å²) >= 11 is 0. The van der Waals surface area contributed by atoms with E-state index < -0.39 is 0 Å². The second-order valence-corrected chi connectivity index (χ2v) is 6.06. The monoisotopic (exact) mass is 331 g/mol. The van der Waals surface area contributed by atoms with Crippen LogP contribution in [0.25, 0.3) is 0 Å². The second kappa shape index (κ2) is 6.61. The van der Waals surface area contributed by atoms with Crippen LogP contribution in [0, 0.1) is 11.3 Å². The molecular weight excluding hydrogens is 314 g/mol. The first kappa shape index (κ1) is 15.1. The molecule has 4 rings (SSSR count). The molecule has 1 aromatic carbocycles. The molecule has 1 saturated carbocycles. The standard InChI is InChI=1S/C18H17N7/c19-9-12-1-3-13(4-2-12)10-20-16-8-17(22-11-21-16)23-18-7-15(24-25-18)14-5-6-14/h1-4,7-8,11,14H,5-6,10H2,(H3,20,21,22,23,24,25). The molecule has 0 saturated heterocycles. The van der Waals surface area contributed by atoms with Crippen molar-refractivity contribution in [1.82, 2.24) is 20.2 Å². The first-order chi connectivity index (χ1) is 12.3. The van der Waals surface area contributed by atoms with Gasteiger partial charge in [0.15, 0.2) is 5.82 Å². The molecule has 124 valence electrons. The summed E-state index contributed by atoms with van der Waals surface area (Å²) in [5.41, 5.74) is 2.91. The summed E-state index contributed by atoms with van der Waals surface area (Å²) in [5, 5.41) is 22.6. The van der Waals surface area contributed by atoms with Crippen molar-refractivity contribution < 1.29 is 0 Å². The van der Waals surface area contributed by atoms with Crippen LogP contribution in [-0.4, -0.2) is 20.2 Å². The number of rotatable bonds is 6. The number of nitrogens with one attached hydrogen (secondary N) is 3. The van der Waals surface area contributed by atoms with Crippen LogP contribution in [0.1, 0.15) is 35.6 Å². The molecular formula is C18H17N7. The summed E-state index contributed by atoms with van der Waals surface area (Å²) in [7, 11) is 0. The average Bonchev–Trinajstić information content (AvgIpc) is 3.40. The molecule has 0 spiro atoms. The molecule has 0 amide bonds. The minimum atomic E-state index is 0.621. The van der Waals surface area contributed by atoms with E-state index >= 15 is 0 Å². The Labute approximate surface area is 145 Å². The van der Waals surface area contributed by atoms with Gasteiger partial charge in [0.2, 0.25) is 0 Å². The normalized spacial score (nSPS) is 13.2. The van der Waals surface area contributed by atoms with E-state index in [2.05, 4.69) is 36.9 Å². The van der Waals surface area contributed by atoms with Crippen LogP contribution >= 0.6 is 0 Å². The number of hydrogen-bond donors (Lipinski definition) is 3. The van der Waals surface area contributed by atoms with Gasteiger partial charge in [0.25, 0.3) is 0 Å². The Morgan fingerprint density at radius 1 is 1.08 bits per heavy atom. The van der Waals surface area contributed by atoms with E-state index in [9.17, 15) is 0 Å². The van der Waals surface area contributed by atoms with Gasteiger partial charge in [-0.05, 0) is 30.5 Å². The third-order valence-electron chi connectivity index (χ3n) is 4.09. The highest BCUT2D eigenvalue weighted by molar-refractivity contribution is 5.56. The molecule has 2 aromatic heterocycles. The predicted molar refractivity (Wildman–Crippen MR) is 94.4 cm³/mol. The lowest BCUT2D eigenvalue weighted by atomic mass is 10.1. The molecule has 0 atom stereocenters. The number of benzene rings is 1. The van der Waals surface area contributed by atoms with E-state index in [1.54, 1.807) is 12.1 Å². The van der Waals surface area contributed by atoms with Crippen molar-refractivity contribution in [2.24, 2.45) is 0 Å². The van der Waals surface area contributed by atoms with Gasteiger partial charge in [-0.2, -0.15) is 10.4 Å². The summed E-state index contributed by atoms with van der Waals surface area (Å²) in [5.74, 6) is 2.81. The lowest BCUT2D eigenvalue weighted by Crippen LogP contribution is -2.03. The van der Waals surface area contributed by atoms with Gasteiger partial charge in [0, 0.05) is 30.3 Å². The molecule has 0 radical (unpaired) electrons. The zero-order valence-electron chi connectivity index (χ0n) is 13.5. The van der Waals surface area contributed by atoms with Gasteiger partial charge in [-0.3, -0.25) is 5.10 Å². The molecule has 1 aliphatic rings. The van der Waals surface area contributed by atoms with Crippen LogP contribution in [0.3, 0.4) is 0 Å². The maximum atomic E-state index is 8.83. The summed E-state index contributed by atoms with van der Waals surface area (Å²) in [6.45, 7) is 0.621. The lowest BCUT2D eigenvalue weighted by molar-refractivity contribution is 0.966. The molecule has 3 aromatic rings. The predicted octanol–water partition coefficient (Wildman–Crippen LogP) is 3.30. The number of nitrogens with zero attached hydrogens (tertiary/aromatic N) is 4. The van der Waals surface area contributed by atoms with E-state index in [-0.39, 0.29) is 0 Å². The van der Waals surface area contributed by atoms with Crippen molar-refractivity contribution in [3.8, 4) is 6.07 Å². The van der Waals surface area contributed by atoms with Crippen molar-refractivity contribution >= 4 is 17.5 Å². The van der Waals surface area contributed by atoms with Crippen LogP contribution in [0.15, 0.2) is 42.7 Å². The number of hydrogen-bond acceptors (Lipinski definition) is 6. The highest BCUT2D eigenvalue weighted by atomic mass is 15.2. The van der Waals surface area contributed by atoms with Gasteiger partial charge in [0.1, 0.15) is 18.0 Å². The minimum Gasteiger partial charge on any atom is -0.366 e. The molecule has 25 heavy (non-hydrogen) atoms. The fourth-order valence-electron chi connectivity index (χ4n) is 2.55. The molecule has 1 fully saturated rings. The summed E-state index contributed by atoms with van der Waals surface area (Å²) in [6.07, 6.45) is 3.98. The minimum absolute atomic E-state index is 0.621. The third-order valence-corrected chi connectivity index (χ3v) is 4.09. The molecule has 3 N–H and O–H groups in total. The number of aromatic nitrogens is 4. The summed E-state index contributed by atoms with van der Waals surface area (Å²) in [4.78, 5) is 8.46. The maximum absolute atomic E-state index is 8.83. The maximum Gasteiger partial charge on any atom is 0.153 e. The fraction of sp³-hybridized carbons (Fsp3) is 0.222. The van der Waals surface area contributed by atoms with Gasteiger partial charge in [-0.15, -0.1) is 0 Å². The Morgan fingerprint density at radius 3 is 2.64 bits per heavy atom. The zero-order valence-corrected chi connectivity index (χ0v) is 13.5. The highest BCUT2D eigenvalue weighted by Crippen LogP contribution is 2.39. The van der Waals surface area contributed by atoms with Crippen molar-refractivity contribution in [2.75, 3.05) is 10.6 Å². The third kappa shape index (κ3) is 3.75. The van der Waals surface area contributed by atoms with Crippen LogP contribution in [-0.2, 0) is 6.54 Å². The van der Waals surface area contributed by atoms with Crippen LogP contribution in [0.4, 0.5) is 17.5 Å². The van der Waals surface area contributed by atoms with E-state index in [0.717, 1.165) is 17.2 Å². The number of H-pyrrole nitrogens is 1. The molecule has 0 unspecified atom stereocenters. The van der Waals surface area contributed by atoms with Gasteiger partial charge in [-0.25, -0.2) is 9.97 Å². The Morgan fingerprint density at radius 2 is 1.88 bits per heavy atom. The smallest absolute Gasteiger partial charge is 0.153 e. The van der Waals surface area contributed by atoms with Crippen molar-refractivity contribution in [3.05, 3.63) is 59.5 Å². The number of aromatic amines is 1. The molecule has 2 heterocycles. The Balaban J connectivity index is 1.39. The Kier molecular flexibility index (Phi) is 4.01. The van der Waals surface area contributed by atoms with Crippen LogP contribution in [0.2, 0.25) is 0 Å². The zero-order chi connectivity index (χ0) is 17.1. The largest absolute Gasteiger partial charge is 0.366 e. The van der Waals surface area contributed by atoms with Crippen molar-refractivity contribution in [3.63, 3.8) is 0 Å². The average molecular weight is 331 g/mol. The molecule has 0 aliphatic heterocycles. The van der Waals surface area contributed by atoms with Gasteiger partial charge >= 0.3 is 0 Å². The lowest BCUT2D eigenvalue weighted by Gasteiger charge is -2.07. The topological polar surface area (TPSA) is 102 Å². The fourth-order valence-corrected chi connectivity index (χ4v) is 2.55. The quantitative estimate of drug-likeness (QED) is 0.640. The van der Waals surface area contributed by atoms with Gasteiger partial charge in [-0.1, -0.05) is 12.1 Å². The molecule has 1 aliphatic carbocycles. The van der Waals surface area contributed by atoms with Crippen molar-refractivity contribution in [2.45, 2.75) is 25.3 Å². The Bertz CT molecular complexity index is 904. The first-order valence-corrected chi connectivity index (χ1v) is 8.17. The number of nitriles is 1. The summed E-state index contributed by atoms with van der Waals surface area (Å²) < 4.78 is 0. The molecule has 7 nitrogen and oxygen atoms in total. The van der Waals surface area contributed by atoms with Crippen LogP contribution in [0.5, 0.6) is 0 Å². The number of anilines is 3.